The maximum atomic E-state index is 15.6. The lowest BCUT2D eigenvalue weighted by Crippen LogP contribution is -2.25. The third-order valence-corrected chi connectivity index (χ3v) is 8.57. The van der Waals surface area contributed by atoms with Crippen LogP contribution in [0.2, 0.25) is 0 Å². The second-order valence-corrected chi connectivity index (χ2v) is 11.2. The lowest BCUT2D eigenvalue weighted by molar-refractivity contribution is 0.412. The molecule has 1 N–H and O–H groups in total. The lowest BCUT2D eigenvalue weighted by Gasteiger charge is -2.32. The molecule has 4 nitrogen and oxygen atoms in total. The molecule has 2 heterocycles. The first-order chi connectivity index (χ1) is 21.0. The number of aromatic hydroxyl groups is 1. The first-order valence-electron chi connectivity index (χ1n) is 15.1. The van der Waals surface area contributed by atoms with E-state index in [-0.39, 0.29) is 22.4 Å². The molecule has 1 aliphatic carbocycles. The minimum Gasteiger partial charge on any atom is -0.507 e. The van der Waals surface area contributed by atoms with Crippen molar-refractivity contribution in [3.8, 4) is 28.3 Å². The number of halogens is 2. The molecule has 0 atom stereocenters. The van der Waals surface area contributed by atoms with Crippen molar-refractivity contribution >= 4 is 17.2 Å². The van der Waals surface area contributed by atoms with Crippen LogP contribution in [-0.4, -0.2) is 15.1 Å². The van der Waals surface area contributed by atoms with Crippen molar-refractivity contribution in [1.82, 2.24) is 9.97 Å². The minimum atomic E-state index is -0.710. The summed E-state index contributed by atoms with van der Waals surface area (Å²) in [4.78, 5) is 11.2. The molecule has 0 unspecified atom stereocenters. The molecule has 3 aromatic carbocycles. The Kier molecular flexibility index (Phi) is 7.94. The summed E-state index contributed by atoms with van der Waals surface area (Å²) in [6.07, 6.45) is 7.72. The van der Waals surface area contributed by atoms with E-state index in [4.69, 9.17) is 4.98 Å². The van der Waals surface area contributed by atoms with Gasteiger partial charge in [0.15, 0.2) is 0 Å². The number of nitrogens with zero attached hydrogens (tertiary/aromatic N) is 3. The summed E-state index contributed by atoms with van der Waals surface area (Å²) in [5.41, 5.74) is 4.67. The normalized spacial score (nSPS) is 13.0. The van der Waals surface area contributed by atoms with Gasteiger partial charge in [0.1, 0.15) is 23.2 Å². The molecule has 0 aliphatic heterocycles. The third-order valence-electron chi connectivity index (χ3n) is 8.57. The molecule has 6 heteroatoms. The minimum absolute atomic E-state index is 0.159. The number of para-hydroxylation sites is 1. The van der Waals surface area contributed by atoms with Gasteiger partial charge in [-0.1, -0.05) is 82.0 Å². The standard InChI is InChI=1S/C37H35F2N3O/c1-3-5-20-37(21-6-4-2)27-15-12-16-33(43)35(27)36-28(37)18-19-31(41-36)26-23-32(30(39)24-29(26)38)42(25-13-8-7-9-14-25)34-17-10-11-22-40-34/h7-19,22-24,43H,3-6,20-21H2,1-2H3. The molecular weight excluding hydrogens is 540 g/mol. The SMILES string of the molecule is CCCCC1(CCCC)c2ccc(-c3cc(N(c4ccccc4)c4ccccn4)c(F)cc3F)nc2-c2c(O)cccc21. The lowest BCUT2D eigenvalue weighted by atomic mass is 9.71. The van der Waals surface area contributed by atoms with Gasteiger partial charge in [-0.25, -0.2) is 18.7 Å². The summed E-state index contributed by atoms with van der Waals surface area (Å²) >= 11 is 0. The molecule has 5 aromatic rings. The Balaban J connectivity index is 1.53. The average Bonchev–Trinajstić information content (AvgIpc) is 3.31. The maximum absolute atomic E-state index is 15.6. The molecule has 6 rings (SSSR count). The second-order valence-electron chi connectivity index (χ2n) is 11.2. The predicted octanol–water partition coefficient (Wildman–Crippen LogP) is 10.2. The Hall–Kier alpha value is -4.58. The molecule has 0 saturated heterocycles. The molecule has 1 aliphatic rings. The number of phenols is 1. The van der Waals surface area contributed by atoms with E-state index in [1.54, 1.807) is 29.3 Å². The van der Waals surface area contributed by atoms with Crippen LogP contribution in [0.25, 0.3) is 22.5 Å². The summed E-state index contributed by atoms with van der Waals surface area (Å²) in [6, 6.07) is 26.7. The summed E-state index contributed by atoms with van der Waals surface area (Å²) < 4.78 is 31.2. The van der Waals surface area contributed by atoms with Crippen LogP contribution in [0.15, 0.2) is 97.2 Å². The Bertz CT molecular complexity index is 1690. The number of hydrogen-bond donors (Lipinski definition) is 1. The Morgan fingerprint density at radius 2 is 1.51 bits per heavy atom. The van der Waals surface area contributed by atoms with Gasteiger partial charge in [0.25, 0.3) is 0 Å². The van der Waals surface area contributed by atoms with E-state index in [0.717, 1.165) is 55.7 Å². The first-order valence-corrected chi connectivity index (χ1v) is 15.1. The highest BCUT2D eigenvalue weighted by atomic mass is 19.1. The zero-order chi connectivity index (χ0) is 30.0. The van der Waals surface area contributed by atoms with Crippen molar-refractivity contribution in [3.63, 3.8) is 0 Å². The predicted molar refractivity (Wildman–Crippen MR) is 169 cm³/mol. The number of unbranched alkanes of at least 4 members (excludes halogenated alkanes) is 2. The van der Waals surface area contributed by atoms with Crippen LogP contribution >= 0.6 is 0 Å². The number of phenolic OH excluding ortho intramolecular Hbond substituents is 1. The number of benzene rings is 3. The second kappa shape index (κ2) is 12.0. The zero-order valence-corrected chi connectivity index (χ0v) is 24.5. The van der Waals surface area contributed by atoms with Gasteiger partial charge in [-0.15, -0.1) is 0 Å². The van der Waals surface area contributed by atoms with E-state index in [9.17, 15) is 5.11 Å². The van der Waals surface area contributed by atoms with Crippen LogP contribution in [-0.2, 0) is 5.41 Å². The smallest absolute Gasteiger partial charge is 0.150 e. The van der Waals surface area contributed by atoms with Crippen LogP contribution in [0.3, 0.4) is 0 Å². The molecule has 0 amide bonds. The number of aromatic nitrogens is 2. The van der Waals surface area contributed by atoms with Crippen molar-refractivity contribution in [3.05, 3.63) is 120 Å². The number of rotatable bonds is 10. The quantitative estimate of drug-likeness (QED) is 0.180. The highest BCUT2D eigenvalue weighted by Gasteiger charge is 2.44. The molecule has 0 saturated carbocycles. The first kappa shape index (κ1) is 28.5. The van der Waals surface area contributed by atoms with E-state index >= 15 is 8.78 Å². The van der Waals surface area contributed by atoms with Gasteiger partial charge in [-0.3, -0.25) is 4.90 Å². The third kappa shape index (κ3) is 5.05. The average molecular weight is 576 g/mol. The van der Waals surface area contributed by atoms with Crippen LogP contribution in [0, 0.1) is 11.6 Å². The Morgan fingerprint density at radius 1 is 0.767 bits per heavy atom. The Morgan fingerprint density at radius 3 is 2.21 bits per heavy atom. The van der Waals surface area contributed by atoms with Crippen LogP contribution in [0.4, 0.5) is 26.0 Å². The number of fused-ring (bicyclic) bond motifs is 3. The van der Waals surface area contributed by atoms with Crippen molar-refractivity contribution in [2.24, 2.45) is 0 Å². The van der Waals surface area contributed by atoms with Gasteiger partial charge in [0, 0.05) is 34.5 Å². The highest BCUT2D eigenvalue weighted by molar-refractivity contribution is 5.85. The van der Waals surface area contributed by atoms with Gasteiger partial charge in [-0.05, 0) is 66.4 Å². The van der Waals surface area contributed by atoms with E-state index in [2.05, 4.69) is 24.9 Å². The van der Waals surface area contributed by atoms with Crippen molar-refractivity contribution in [2.75, 3.05) is 4.90 Å². The van der Waals surface area contributed by atoms with E-state index in [1.807, 2.05) is 54.6 Å². The summed E-state index contributed by atoms with van der Waals surface area (Å²) in [6.45, 7) is 4.37. The summed E-state index contributed by atoms with van der Waals surface area (Å²) in [5, 5.41) is 11.1. The van der Waals surface area contributed by atoms with Gasteiger partial charge in [0.2, 0.25) is 0 Å². The summed E-state index contributed by atoms with van der Waals surface area (Å²) in [7, 11) is 0. The molecular formula is C37H35F2N3O. The van der Waals surface area contributed by atoms with Crippen LogP contribution in [0.5, 0.6) is 5.75 Å². The fourth-order valence-corrected chi connectivity index (χ4v) is 6.50. The molecule has 0 bridgehead atoms. The van der Waals surface area contributed by atoms with Gasteiger partial charge in [-0.2, -0.15) is 0 Å². The molecule has 0 radical (unpaired) electrons. The summed E-state index contributed by atoms with van der Waals surface area (Å²) in [5.74, 6) is -0.744. The van der Waals surface area contributed by atoms with Gasteiger partial charge >= 0.3 is 0 Å². The fourth-order valence-electron chi connectivity index (χ4n) is 6.50. The van der Waals surface area contributed by atoms with Crippen LogP contribution < -0.4 is 4.90 Å². The Labute approximate surface area is 251 Å². The molecule has 43 heavy (non-hydrogen) atoms. The van der Waals surface area contributed by atoms with Crippen molar-refractivity contribution < 1.29 is 13.9 Å². The van der Waals surface area contributed by atoms with Crippen LogP contribution in [0.1, 0.15) is 63.5 Å². The molecule has 218 valence electrons. The van der Waals surface area contributed by atoms with Crippen molar-refractivity contribution in [1.29, 1.82) is 0 Å². The fraction of sp³-hybridized carbons (Fsp3) is 0.243. The molecule has 0 fully saturated rings. The maximum Gasteiger partial charge on any atom is 0.150 e. The molecule has 0 spiro atoms. The highest BCUT2D eigenvalue weighted by Crippen LogP contribution is 2.56. The zero-order valence-electron chi connectivity index (χ0n) is 24.5. The largest absolute Gasteiger partial charge is 0.507 e. The molecule has 2 aromatic heterocycles. The van der Waals surface area contributed by atoms with Gasteiger partial charge < -0.3 is 5.11 Å². The van der Waals surface area contributed by atoms with Crippen molar-refractivity contribution in [2.45, 2.75) is 57.8 Å². The number of pyridine rings is 2. The van der Waals surface area contributed by atoms with E-state index in [1.165, 1.54) is 6.07 Å². The van der Waals surface area contributed by atoms with E-state index in [0.29, 0.717) is 28.5 Å². The van der Waals surface area contributed by atoms with E-state index < -0.39 is 11.6 Å². The monoisotopic (exact) mass is 575 g/mol. The number of hydrogen-bond acceptors (Lipinski definition) is 4. The number of anilines is 3. The van der Waals surface area contributed by atoms with Gasteiger partial charge in [0.05, 0.1) is 17.1 Å². The topological polar surface area (TPSA) is 49.2 Å².